The molecule has 1 aliphatic carbocycles. The fraction of sp³-hybridized carbons (Fsp3) is 0.652. The first-order valence-electron chi connectivity index (χ1n) is 11.2. The maximum Gasteiger partial charge on any atom is 0.260 e. The third-order valence-corrected chi connectivity index (χ3v) is 7.21. The lowest BCUT2D eigenvalue weighted by molar-refractivity contribution is -0.156. The average molecular weight is 415 g/mol. The van der Waals surface area contributed by atoms with Gasteiger partial charge in [0.25, 0.3) is 5.91 Å². The molecule has 7 heteroatoms. The number of carbonyl (C=O) groups excluding carboxylic acids is 2. The summed E-state index contributed by atoms with van der Waals surface area (Å²) in [6.45, 7) is 1.54. The van der Waals surface area contributed by atoms with E-state index in [1.807, 2.05) is 23.1 Å². The first kappa shape index (κ1) is 19.8. The molecule has 162 valence electrons. The van der Waals surface area contributed by atoms with Crippen LogP contribution in [-0.2, 0) is 19.1 Å². The molecule has 2 atom stereocenters. The number of fused-ring (bicyclic) bond motifs is 5. The monoisotopic (exact) mass is 414 g/mol. The minimum absolute atomic E-state index is 0.00541. The molecule has 0 aromatic heterocycles. The van der Waals surface area contributed by atoms with Crippen LogP contribution in [0.4, 0.5) is 0 Å². The Labute approximate surface area is 177 Å². The Bertz CT molecular complexity index is 803. The molecule has 1 aromatic carbocycles. The van der Waals surface area contributed by atoms with Crippen LogP contribution in [0.25, 0.3) is 0 Å². The molecular formula is C23H30N2O5. The zero-order valence-electron chi connectivity index (χ0n) is 17.3. The van der Waals surface area contributed by atoms with Crippen molar-refractivity contribution in [2.45, 2.75) is 62.1 Å². The molecule has 5 aliphatic rings. The topological polar surface area (TPSA) is 77.1 Å². The molecule has 4 aliphatic heterocycles. The molecule has 0 radical (unpaired) electrons. The van der Waals surface area contributed by atoms with Gasteiger partial charge in [-0.05, 0) is 56.1 Å². The first-order chi connectivity index (χ1) is 14.6. The second-order valence-electron chi connectivity index (χ2n) is 9.04. The van der Waals surface area contributed by atoms with E-state index in [4.69, 9.17) is 14.2 Å². The number of ether oxygens (including phenoxy) is 3. The molecule has 1 aromatic rings. The summed E-state index contributed by atoms with van der Waals surface area (Å²) in [5, 5.41) is 3.16. The summed E-state index contributed by atoms with van der Waals surface area (Å²) in [5.41, 5.74) is 0.612. The molecule has 1 saturated carbocycles. The maximum absolute atomic E-state index is 13.2. The van der Waals surface area contributed by atoms with Gasteiger partial charge in [0.05, 0.1) is 30.9 Å². The molecule has 2 saturated heterocycles. The Morgan fingerprint density at radius 2 is 1.90 bits per heavy atom. The predicted molar refractivity (Wildman–Crippen MR) is 109 cm³/mol. The van der Waals surface area contributed by atoms with Crippen LogP contribution in [0.1, 0.15) is 50.0 Å². The lowest BCUT2D eigenvalue weighted by Gasteiger charge is -2.51. The second kappa shape index (κ2) is 8.19. The number of morpholine rings is 1. The van der Waals surface area contributed by atoms with Gasteiger partial charge in [-0.3, -0.25) is 9.59 Å². The number of para-hydroxylation sites is 1. The Kier molecular flexibility index (Phi) is 5.41. The van der Waals surface area contributed by atoms with Crippen LogP contribution in [0.5, 0.6) is 5.75 Å². The van der Waals surface area contributed by atoms with Crippen molar-refractivity contribution in [3.63, 3.8) is 0 Å². The van der Waals surface area contributed by atoms with Gasteiger partial charge in [-0.15, -0.1) is 0 Å². The van der Waals surface area contributed by atoms with Gasteiger partial charge in [0.15, 0.2) is 6.61 Å². The molecule has 3 fully saturated rings. The quantitative estimate of drug-likeness (QED) is 0.703. The van der Waals surface area contributed by atoms with Crippen LogP contribution in [0.3, 0.4) is 0 Å². The van der Waals surface area contributed by atoms with Crippen LogP contribution in [0.2, 0.25) is 0 Å². The molecular weight excluding hydrogens is 384 g/mol. The van der Waals surface area contributed by atoms with Gasteiger partial charge in [0.2, 0.25) is 5.91 Å². The van der Waals surface area contributed by atoms with Crippen LogP contribution < -0.4 is 10.1 Å². The minimum Gasteiger partial charge on any atom is -0.483 e. The van der Waals surface area contributed by atoms with Crippen molar-refractivity contribution in [2.75, 3.05) is 33.0 Å². The Balaban J connectivity index is 1.46. The summed E-state index contributed by atoms with van der Waals surface area (Å²) < 4.78 is 18.1. The smallest absolute Gasteiger partial charge is 0.260 e. The largest absolute Gasteiger partial charge is 0.483 e. The van der Waals surface area contributed by atoms with E-state index in [2.05, 4.69) is 11.4 Å². The van der Waals surface area contributed by atoms with E-state index in [-0.39, 0.29) is 37.2 Å². The van der Waals surface area contributed by atoms with Crippen molar-refractivity contribution in [2.24, 2.45) is 0 Å². The zero-order chi connectivity index (χ0) is 20.6. The summed E-state index contributed by atoms with van der Waals surface area (Å²) in [5.74, 6) is 1.07. The zero-order valence-corrected chi connectivity index (χ0v) is 17.3. The predicted octanol–water partition coefficient (Wildman–Crippen LogP) is 2.00. The highest BCUT2D eigenvalue weighted by Crippen LogP contribution is 2.39. The number of benzene rings is 1. The van der Waals surface area contributed by atoms with Crippen molar-refractivity contribution < 1.29 is 23.8 Å². The van der Waals surface area contributed by atoms with Crippen molar-refractivity contribution in [1.29, 1.82) is 0 Å². The summed E-state index contributed by atoms with van der Waals surface area (Å²) in [6, 6.07) is 7.85. The summed E-state index contributed by atoms with van der Waals surface area (Å²) in [4.78, 5) is 27.3. The number of rotatable bonds is 0. The average Bonchev–Trinajstić information content (AvgIpc) is 2.78. The van der Waals surface area contributed by atoms with Gasteiger partial charge in [0.1, 0.15) is 12.4 Å². The number of hydrogen-bond donors (Lipinski definition) is 1. The van der Waals surface area contributed by atoms with E-state index in [9.17, 15) is 9.59 Å². The van der Waals surface area contributed by atoms with E-state index in [0.717, 1.165) is 44.3 Å². The number of nitrogens with zero attached hydrogens (tertiary/aromatic N) is 1. The van der Waals surface area contributed by atoms with E-state index in [1.165, 1.54) is 5.56 Å². The van der Waals surface area contributed by atoms with Crippen molar-refractivity contribution in [3.05, 3.63) is 29.8 Å². The lowest BCUT2D eigenvalue weighted by atomic mass is 9.80. The first-order valence-corrected chi connectivity index (χ1v) is 11.2. The second-order valence-corrected chi connectivity index (χ2v) is 9.04. The number of hydrogen-bond acceptors (Lipinski definition) is 5. The Hall–Kier alpha value is -2.12. The SMILES string of the molecule is O=C1COCC2(CCCN3C(=O)COc4ccccc4C4CCC(CC4)OC[C@H]32)N1. The molecule has 4 heterocycles. The van der Waals surface area contributed by atoms with Gasteiger partial charge in [-0.2, -0.15) is 0 Å². The standard InChI is InChI=1S/C23H30N2O5/c26-21-13-28-15-23(24-21)10-3-11-25-20(23)12-29-17-8-6-16(7-9-17)18-4-1-2-5-19(18)30-14-22(25)27/h1-2,4-5,16-17,20H,3,6-15H2,(H,24,26)/t16?,17?,20-,23?/m0/s1. The van der Waals surface area contributed by atoms with Gasteiger partial charge in [-0.1, -0.05) is 18.2 Å². The highest BCUT2D eigenvalue weighted by Gasteiger charge is 2.49. The molecule has 6 rings (SSSR count). The summed E-state index contributed by atoms with van der Waals surface area (Å²) >= 11 is 0. The van der Waals surface area contributed by atoms with Crippen molar-refractivity contribution in [3.8, 4) is 5.75 Å². The van der Waals surface area contributed by atoms with Crippen molar-refractivity contribution >= 4 is 11.8 Å². The van der Waals surface area contributed by atoms with E-state index in [0.29, 0.717) is 25.7 Å². The van der Waals surface area contributed by atoms with E-state index < -0.39 is 5.54 Å². The number of amides is 2. The van der Waals surface area contributed by atoms with E-state index in [1.54, 1.807) is 0 Å². The number of nitrogens with one attached hydrogen (secondary N) is 1. The van der Waals surface area contributed by atoms with Gasteiger partial charge >= 0.3 is 0 Å². The van der Waals surface area contributed by atoms with Crippen LogP contribution >= 0.6 is 0 Å². The number of piperidine rings is 1. The van der Waals surface area contributed by atoms with Gasteiger partial charge in [0, 0.05) is 6.54 Å². The molecule has 7 nitrogen and oxygen atoms in total. The Morgan fingerprint density at radius 1 is 1.07 bits per heavy atom. The van der Waals surface area contributed by atoms with Gasteiger partial charge < -0.3 is 24.4 Å². The summed E-state index contributed by atoms with van der Waals surface area (Å²) in [7, 11) is 0. The van der Waals surface area contributed by atoms with E-state index >= 15 is 0 Å². The fourth-order valence-corrected chi connectivity index (χ4v) is 5.66. The highest BCUT2D eigenvalue weighted by atomic mass is 16.5. The molecule has 1 unspecified atom stereocenters. The molecule has 1 N–H and O–H groups in total. The van der Waals surface area contributed by atoms with Crippen LogP contribution in [0, 0.1) is 0 Å². The van der Waals surface area contributed by atoms with Gasteiger partial charge in [-0.25, -0.2) is 0 Å². The molecule has 2 bridgehead atoms. The maximum atomic E-state index is 13.2. The van der Waals surface area contributed by atoms with Crippen LogP contribution in [-0.4, -0.2) is 67.4 Å². The third-order valence-electron chi connectivity index (χ3n) is 7.21. The minimum atomic E-state index is -0.585. The Morgan fingerprint density at radius 3 is 2.73 bits per heavy atom. The molecule has 30 heavy (non-hydrogen) atoms. The number of carbonyl (C=O) groups is 2. The fourth-order valence-electron chi connectivity index (χ4n) is 5.66. The molecule has 2 amide bonds. The lowest BCUT2D eigenvalue weighted by Crippen LogP contribution is -2.72. The van der Waals surface area contributed by atoms with Crippen LogP contribution in [0.15, 0.2) is 24.3 Å². The highest BCUT2D eigenvalue weighted by molar-refractivity contribution is 5.81. The summed E-state index contributed by atoms with van der Waals surface area (Å²) in [6.07, 6.45) is 5.88. The van der Waals surface area contributed by atoms with Crippen molar-refractivity contribution in [1.82, 2.24) is 10.2 Å². The third kappa shape index (κ3) is 3.69. The molecule has 1 spiro atoms. The normalized spacial score (nSPS) is 34.7.